The summed E-state index contributed by atoms with van der Waals surface area (Å²) >= 11 is 6.59. The van der Waals surface area contributed by atoms with Crippen molar-refractivity contribution in [1.29, 1.82) is 5.26 Å². The standard InChI is InChI=1S/C30H39ClN10O2/c1-20(17-43-30(9-10-30)28-38-40-41-39-28)35-21-5-7-22(8-6-21)36-27-15-23(24(31)16-33-27)25-3-2-4-26(37-25)34-19-29(18-32)11-13-42-14-12-29/h2-4,15-16,20-22,35H,5-14,17,19H2,1H3,(H,33,36)(H,34,37)(H,38,39,40,41)/t20-,21?,22?/m1/s1. The molecule has 3 aromatic heterocycles. The van der Waals surface area contributed by atoms with Gasteiger partial charge >= 0.3 is 0 Å². The van der Waals surface area contributed by atoms with Gasteiger partial charge in [-0.15, -0.1) is 10.2 Å². The van der Waals surface area contributed by atoms with Crippen LogP contribution in [0, 0.1) is 16.7 Å². The number of hydrogen-bond donors (Lipinski definition) is 4. The lowest BCUT2D eigenvalue weighted by Crippen LogP contribution is -2.43. The van der Waals surface area contributed by atoms with Gasteiger partial charge < -0.3 is 25.4 Å². The van der Waals surface area contributed by atoms with Gasteiger partial charge in [0, 0.05) is 49.6 Å². The van der Waals surface area contributed by atoms with Crippen LogP contribution in [0.4, 0.5) is 11.6 Å². The maximum atomic E-state index is 9.77. The maximum Gasteiger partial charge on any atom is 0.206 e. The Morgan fingerprint density at radius 3 is 2.65 bits per heavy atom. The monoisotopic (exact) mass is 606 g/mol. The van der Waals surface area contributed by atoms with E-state index in [0.717, 1.165) is 68.4 Å². The lowest BCUT2D eigenvalue weighted by molar-refractivity contribution is 0.0105. The fourth-order valence-corrected chi connectivity index (χ4v) is 6.20. The second-order valence-electron chi connectivity index (χ2n) is 12.1. The SMILES string of the molecule is C[C@H](COC1(c2nn[nH]n2)CC1)NC1CCC(Nc2cc(-c3cccc(NCC4(C#N)CCOCC4)n3)c(Cl)cn2)CC1. The van der Waals surface area contributed by atoms with E-state index >= 15 is 0 Å². The van der Waals surface area contributed by atoms with Crippen LogP contribution in [0.5, 0.6) is 0 Å². The minimum Gasteiger partial charge on any atom is -0.381 e. The first-order valence-electron chi connectivity index (χ1n) is 15.2. The van der Waals surface area contributed by atoms with Crippen LogP contribution in [0.3, 0.4) is 0 Å². The number of nitrogens with zero attached hydrogens (tertiary/aromatic N) is 6. The molecule has 0 amide bonds. The van der Waals surface area contributed by atoms with Gasteiger partial charge in [-0.25, -0.2) is 9.97 Å². The largest absolute Gasteiger partial charge is 0.381 e. The van der Waals surface area contributed by atoms with Crippen molar-refractivity contribution in [3.05, 3.63) is 41.3 Å². The summed E-state index contributed by atoms with van der Waals surface area (Å²) < 4.78 is 11.7. The van der Waals surface area contributed by atoms with Gasteiger partial charge in [-0.05, 0) is 76.5 Å². The second kappa shape index (κ2) is 13.1. The highest BCUT2D eigenvalue weighted by atomic mass is 35.5. The van der Waals surface area contributed by atoms with Crippen LogP contribution in [0.2, 0.25) is 5.02 Å². The number of pyridine rings is 2. The van der Waals surface area contributed by atoms with Gasteiger partial charge in [0.05, 0.1) is 28.8 Å². The number of ether oxygens (including phenoxy) is 2. The predicted octanol–water partition coefficient (Wildman–Crippen LogP) is 4.45. The first kappa shape index (κ1) is 29.7. The molecule has 2 aliphatic carbocycles. The number of nitriles is 1. The summed E-state index contributed by atoms with van der Waals surface area (Å²) in [4.78, 5) is 9.36. The van der Waals surface area contributed by atoms with Gasteiger partial charge in [-0.2, -0.15) is 10.5 Å². The van der Waals surface area contributed by atoms with E-state index in [2.05, 4.69) is 54.6 Å². The number of tetrazole rings is 1. The highest BCUT2D eigenvalue weighted by Crippen LogP contribution is 2.47. The van der Waals surface area contributed by atoms with Crippen LogP contribution in [-0.2, 0) is 15.1 Å². The summed E-state index contributed by atoms with van der Waals surface area (Å²) in [7, 11) is 0. The van der Waals surface area contributed by atoms with E-state index < -0.39 is 5.41 Å². The highest BCUT2D eigenvalue weighted by Gasteiger charge is 2.50. The Labute approximate surface area is 256 Å². The molecule has 1 atom stereocenters. The van der Waals surface area contributed by atoms with Gasteiger partial charge in [-0.1, -0.05) is 22.9 Å². The van der Waals surface area contributed by atoms with Crippen LogP contribution in [0.1, 0.15) is 64.1 Å². The normalized spacial score (nSPS) is 23.2. The molecule has 2 saturated carbocycles. The molecule has 4 N–H and O–H groups in total. The predicted molar refractivity (Wildman–Crippen MR) is 162 cm³/mol. The van der Waals surface area contributed by atoms with Gasteiger partial charge in [-0.3, -0.25) is 0 Å². The molecule has 3 fully saturated rings. The fraction of sp³-hybridized carbons (Fsp3) is 0.600. The molecule has 0 unspecified atom stereocenters. The molecule has 228 valence electrons. The van der Waals surface area contributed by atoms with E-state index in [-0.39, 0.29) is 11.6 Å². The first-order valence-corrected chi connectivity index (χ1v) is 15.6. The van der Waals surface area contributed by atoms with Crippen molar-refractivity contribution in [2.45, 2.75) is 82.0 Å². The van der Waals surface area contributed by atoms with Crippen LogP contribution in [0.25, 0.3) is 11.3 Å². The van der Waals surface area contributed by atoms with Crippen LogP contribution in [-0.4, -0.2) is 75.1 Å². The molecule has 4 heterocycles. The van der Waals surface area contributed by atoms with Crippen LogP contribution < -0.4 is 16.0 Å². The van der Waals surface area contributed by atoms with Gasteiger partial charge in [0.15, 0.2) is 0 Å². The summed E-state index contributed by atoms with van der Waals surface area (Å²) in [6, 6.07) is 11.3. The third-order valence-electron chi connectivity index (χ3n) is 8.84. The summed E-state index contributed by atoms with van der Waals surface area (Å²) in [6.07, 6.45) is 9.23. The molecule has 0 radical (unpaired) electrons. The average molecular weight is 607 g/mol. The third kappa shape index (κ3) is 7.24. The maximum absolute atomic E-state index is 9.77. The zero-order valence-electron chi connectivity index (χ0n) is 24.5. The van der Waals surface area contributed by atoms with Crippen molar-refractivity contribution in [2.75, 3.05) is 37.0 Å². The number of aromatic amines is 1. The van der Waals surface area contributed by atoms with Crippen LogP contribution >= 0.6 is 11.6 Å². The van der Waals surface area contributed by atoms with Crippen molar-refractivity contribution in [3.63, 3.8) is 0 Å². The zero-order valence-corrected chi connectivity index (χ0v) is 25.2. The lowest BCUT2D eigenvalue weighted by atomic mass is 9.82. The third-order valence-corrected chi connectivity index (χ3v) is 9.14. The molecular formula is C30H39ClN10O2. The second-order valence-corrected chi connectivity index (χ2v) is 12.5. The van der Waals surface area contributed by atoms with E-state index in [1.165, 1.54) is 0 Å². The van der Waals surface area contributed by atoms with E-state index in [1.807, 2.05) is 24.3 Å². The summed E-state index contributed by atoms with van der Waals surface area (Å²) in [5.74, 6) is 2.16. The number of hydrogen-bond acceptors (Lipinski definition) is 11. The topological polar surface area (TPSA) is 159 Å². The molecule has 12 nitrogen and oxygen atoms in total. The molecule has 3 aliphatic rings. The Morgan fingerprint density at radius 2 is 1.93 bits per heavy atom. The van der Waals surface area contributed by atoms with E-state index in [1.54, 1.807) is 6.20 Å². The zero-order chi connectivity index (χ0) is 29.7. The van der Waals surface area contributed by atoms with Crippen molar-refractivity contribution in [3.8, 4) is 17.3 Å². The van der Waals surface area contributed by atoms with Crippen molar-refractivity contribution in [1.82, 2.24) is 35.9 Å². The molecule has 1 saturated heterocycles. The van der Waals surface area contributed by atoms with Crippen molar-refractivity contribution >= 4 is 23.2 Å². The number of aromatic nitrogens is 6. The Bertz CT molecular complexity index is 1400. The molecule has 6 rings (SSSR count). The Hall–Kier alpha value is -3.37. The number of H-pyrrole nitrogens is 1. The smallest absolute Gasteiger partial charge is 0.206 e. The van der Waals surface area contributed by atoms with Crippen molar-refractivity contribution < 1.29 is 9.47 Å². The Kier molecular flexibility index (Phi) is 9.04. The quantitative estimate of drug-likeness (QED) is 0.231. The molecular weight excluding hydrogens is 568 g/mol. The molecule has 0 aromatic carbocycles. The molecule has 43 heavy (non-hydrogen) atoms. The molecule has 3 aromatic rings. The van der Waals surface area contributed by atoms with Gasteiger partial charge in [0.2, 0.25) is 5.82 Å². The number of halogens is 1. The van der Waals surface area contributed by atoms with E-state index in [0.29, 0.717) is 55.1 Å². The fourth-order valence-electron chi connectivity index (χ4n) is 6.00. The number of nitrogens with one attached hydrogen (secondary N) is 4. The number of anilines is 2. The minimum absolute atomic E-state index is 0.235. The minimum atomic E-state index is -0.433. The molecule has 13 heteroatoms. The van der Waals surface area contributed by atoms with Crippen LogP contribution in [0.15, 0.2) is 30.5 Å². The molecule has 0 bridgehead atoms. The average Bonchev–Trinajstić information content (AvgIpc) is 3.62. The van der Waals surface area contributed by atoms with E-state index in [9.17, 15) is 5.26 Å². The summed E-state index contributed by atoms with van der Waals surface area (Å²) in [5.41, 5.74) is 0.794. The molecule has 0 spiro atoms. The van der Waals surface area contributed by atoms with Gasteiger partial charge in [0.25, 0.3) is 0 Å². The highest BCUT2D eigenvalue weighted by molar-refractivity contribution is 6.33. The Morgan fingerprint density at radius 1 is 1.14 bits per heavy atom. The first-order chi connectivity index (χ1) is 21.0. The van der Waals surface area contributed by atoms with Gasteiger partial charge in [0.1, 0.15) is 17.2 Å². The number of rotatable bonds is 12. The molecule has 1 aliphatic heterocycles. The van der Waals surface area contributed by atoms with Crippen molar-refractivity contribution in [2.24, 2.45) is 5.41 Å². The van der Waals surface area contributed by atoms with E-state index in [4.69, 9.17) is 26.1 Å². The summed E-state index contributed by atoms with van der Waals surface area (Å²) in [5, 5.41) is 35.5. The summed E-state index contributed by atoms with van der Waals surface area (Å²) in [6.45, 7) is 4.54. The lowest BCUT2D eigenvalue weighted by Gasteiger charge is -2.32. The Balaban J connectivity index is 0.994.